The van der Waals surface area contributed by atoms with E-state index in [1.807, 2.05) is 18.2 Å². The van der Waals surface area contributed by atoms with Crippen molar-refractivity contribution >= 4 is 23.5 Å². The van der Waals surface area contributed by atoms with E-state index >= 15 is 0 Å². The van der Waals surface area contributed by atoms with E-state index in [1.165, 1.54) is 6.07 Å². The molecule has 0 bridgehead atoms. The van der Waals surface area contributed by atoms with Crippen molar-refractivity contribution in [1.29, 1.82) is 0 Å². The maximum atomic E-state index is 12.5. The lowest BCUT2D eigenvalue weighted by molar-refractivity contribution is -0.139. The normalized spacial score (nSPS) is 16.0. The fraction of sp³-hybridized carbons (Fsp3) is 0.400. The van der Waals surface area contributed by atoms with Crippen LogP contribution in [-0.2, 0) is 9.53 Å². The fourth-order valence-electron chi connectivity index (χ4n) is 3.07. The monoisotopic (exact) mass is 375 g/mol. The van der Waals surface area contributed by atoms with Gasteiger partial charge in [0.1, 0.15) is 5.76 Å². The van der Waals surface area contributed by atoms with Crippen LogP contribution in [0.25, 0.3) is 11.3 Å². The molecular weight excluding hydrogens is 354 g/mol. The SMILES string of the molecule is C[C@@H](OC(=O)c1ccc(-c2ccccc2Cl)o1)C(=O)N1CCCCCC1. The third-order valence-electron chi connectivity index (χ3n) is 4.50. The Morgan fingerprint density at radius 2 is 1.77 bits per heavy atom. The van der Waals surface area contributed by atoms with Gasteiger partial charge in [0.25, 0.3) is 5.91 Å². The zero-order chi connectivity index (χ0) is 18.5. The molecule has 5 nitrogen and oxygen atoms in total. The molecule has 1 amide bonds. The van der Waals surface area contributed by atoms with Crippen molar-refractivity contribution < 1.29 is 18.7 Å². The molecule has 1 aliphatic rings. The van der Waals surface area contributed by atoms with E-state index in [0.717, 1.165) is 38.8 Å². The molecule has 138 valence electrons. The number of halogens is 1. The van der Waals surface area contributed by atoms with Crippen LogP contribution in [0.4, 0.5) is 0 Å². The summed E-state index contributed by atoms with van der Waals surface area (Å²) < 4.78 is 10.9. The number of hydrogen-bond acceptors (Lipinski definition) is 4. The molecule has 1 aromatic carbocycles. The first kappa shape index (κ1) is 18.5. The lowest BCUT2D eigenvalue weighted by Gasteiger charge is -2.23. The zero-order valence-electron chi connectivity index (χ0n) is 14.7. The van der Waals surface area contributed by atoms with Gasteiger partial charge in [-0.15, -0.1) is 0 Å². The molecule has 0 spiro atoms. The Morgan fingerprint density at radius 3 is 2.46 bits per heavy atom. The number of rotatable bonds is 4. The first-order chi connectivity index (χ1) is 12.6. The zero-order valence-corrected chi connectivity index (χ0v) is 15.5. The van der Waals surface area contributed by atoms with E-state index in [-0.39, 0.29) is 11.7 Å². The molecule has 1 atom stereocenters. The molecule has 26 heavy (non-hydrogen) atoms. The number of furan rings is 1. The molecule has 2 heterocycles. The van der Waals surface area contributed by atoms with E-state index < -0.39 is 12.1 Å². The Bertz CT molecular complexity index is 778. The van der Waals surface area contributed by atoms with E-state index in [0.29, 0.717) is 16.3 Å². The summed E-state index contributed by atoms with van der Waals surface area (Å²) in [6, 6.07) is 10.4. The summed E-state index contributed by atoms with van der Waals surface area (Å²) in [4.78, 5) is 26.6. The van der Waals surface area contributed by atoms with Gasteiger partial charge < -0.3 is 14.1 Å². The minimum absolute atomic E-state index is 0.0513. The van der Waals surface area contributed by atoms with E-state index in [4.69, 9.17) is 20.8 Å². The van der Waals surface area contributed by atoms with Gasteiger partial charge in [-0.25, -0.2) is 4.79 Å². The van der Waals surface area contributed by atoms with Crippen molar-refractivity contribution in [1.82, 2.24) is 4.90 Å². The number of likely N-dealkylation sites (tertiary alicyclic amines) is 1. The Morgan fingerprint density at radius 1 is 1.08 bits per heavy atom. The first-order valence-electron chi connectivity index (χ1n) is 8.91. The summed E-state index contributed by atoms with van der Waals surface area (Å²) in [6.45, 7) is 3.04. The van der Waals surface area contributed by atoms with Crippen LogP contribution >= 0.6 is 11.6 Å². The number of carbonyl (C=O) groups is 2. The summed E-state index contributed by atoms with van der Waals surface area (Å²) in [5, 5.41) is 0.534. The average molecular weight is 376 g/mol. The molecule has 0 saturated carbocycles. The highest BCUT2D eigenvalue weighted by molar-refractivity contribution is 6.33. The lowest BCUT2D eigenvalue weighted by Crippen LogP contribution is -2.40. The molecule has 1 fully saturated rings. The fourth-order valence-corrected chi connectivity index (χ4v) is 3.30. The van der Waals surface area contributed by atoms with E-state index in [1.54, 1.807) is 24.0 Å². The second kappa shape index (κ2) is 8.41. The van der Waals surface area contributed by atoms with Gasteiger partial charge in [0.05, 0.1) is 5.02 Å². The van der Waals surface area contributed by atoms with Crippen LogP contribution < -0.4 is 0 Å². The van der Waals surface area contributed by atoms with Crippen LogP contribution in [0.15, 0.2) is 40.8 Å². The summed E-state index contributed by atoms with van der Waals surface area (Å²) in [7, 11) is 0. The molecule has 6 heteroatoms. The number of carbonyl (C=O) groups excluding carboxylic acids is 2. The topological polar surface area (TPSA) is 59.8 Å². The van der Waals surface area contributed by atoms with Crippen LogP contribution in [0.3, 0.4) is 0 Å². The quantitative estimate of drug-likeness (QED) is 0.735. The van der Waals surface area contributed by atoms with Gasteiger partial charge in [-0.2, -0.15) is 0 Å². The number of esters is 1. The van der Waals surface area contributed by atoms with Crippen molar-refractivity contribution in [2.75, 3.05) is 13.1 Å². The van der Waals surface area contributed by atoms with Crippen molar-refractivity contribution in [3.05, 3.63) is 47.2 Å². The van der Waals surface area contributed by atoms with Crippen LogP contribution in [0.2, 0.25) is 5.02 Å². The van der Waals surface area contributed by atoms with E-state index in [9.17, 15) is 9.59 Å². The van der Waals surface area contributed by atoms with Gasteiger partial charge in [-0.3, -0.25) is 4.79 Å². The molecule has 1 saturated heterocycles. The molecule has 2 aromatic rings. The lowest BCUT2D eigenvalue weighted by atomic mass is 10.2. The average Bonchev–Trinajstić information content (AvgIpc) is 2.97. The minimum Gasteiger partial charge on any atom is -0.449 e. The Labute approximate surface area is 157 Å². The largest absolute Gasteiger partial charge is 0.449 e. The number of amides is 1. The van der Waals surface area contributed by atoms with Crippen molar-refractivity contribution in [2.45, 2.75) is 38.7 Å². The van der Waals surface area contributed by atoms with Gasteiger partial charge in [-0.05, 0) is 44.0 Å². The Balaban J connectivity index is 1.64. The van der Waals surface area contributed by atoms with Gasteiger partial charge in [-0.1, -0.05) is 36.6 Å². The Kier molecular flexibility index (Phi) is 5.99. The molecule has 0 radical (unpaired) electrons. The summed E-state index contributed by atoms with van der Waals surface area (Å²) >= 11 is 6.15. The second-order valence-electron chi connectivity index (χ2n) is 6.43. The summed E-state index contributed by atoms with van der Waals surface area (Å²) in [6.07, 6.45) is 3.41. The highest BCUT2D eigenvalue weighted by atomic mass is 35.5. The molecule has 1 aliphatic heterocycles. The molecule has 0 unspecified atom stereocenters. The van der Waals surface area contributed by atoms with Crippen LogP contribution in [-0.4, -0.2) is 36.0 Å². The van der Waals surface area contributed by atoms with Crippen molar-refractivity contribution in [3.63, 3.8) is 0 Å². The minimum atomic E-state index is -0.838. The van der Waals surface area contributed by atoms with Gasteiger partial charge in [0, 0.05) is 18.7 Å². The molecule has 1 aromatic heterocycles. The maximum absolute atomic E-state index is 12.5. The summed E-state index contributed by atoms with van der Waals surface area (Å²) in [5.41, 5.74) is 0.696. The molecular formula is C20H22ClNO4. The smallest absolute Gasteiger partial charge is 0.375 e. The van der Waals surface area contributed by atoms with Gasteiger partial charge >= 0.3 is 5.97 Å². The van der Waals surface area contributed by atoms with Crippen LogP contribution in [0.5, 0.6) is 0 Å². The van der Waals surface area contributed by atoms with E-state index in [2.05, 4.69) is 0 Å². The van der Waals surface area contributed by atoms with Crippen LogP contribution in [0, 0.1) is 0 Å². The van der Waals surface area contributed by atoms with Crippen LogP contribution in [0.1, 0.15) is 43.2 Å². The Hall–Kier alpha value is -2.27. The summed E-state index contributed by atoms with van der Waals surface area (Å²) in [5.74, 6) is -0.276. The first-order valence-corrected chi connectivity index (χ1v) is 9.28. The standard InChI is InChI=1S/C20H22ClNO4/c1-14(19(23)22-12-6-2-3-7-13-22)25-20(24)18-11-10-17(26-18)15-8-4-5-9-16(15)21/h4-5,8-11,14H,2-3,6-7,12-13H2,1H3/t14-/m1/s1. The molecule has 0 aliphatic carbocycles. The number of benzene rings is 1. The molecule has 3 rings (SSSR count). The highest BCUT2D eigenvalue weighted by Crippen LogP contribution is 2.29. The molecule has 0 N–H and O–H groups in total. The predicted molar refractivity (Wildman–Crippen MR) is 99.1 cm³/mol. The number of nitrogens with zero attached hydrogens (tertiary/aromatic N) is 1. The number of ether oxygens (including phenoxy) is 1. The third-order valence-corrected chi connectivity index (χ3v) is 4.83. The van der Waals surface area contributed by atoms with Gasteiger partial charge in [0.15, 0.2) is 6.10 Å². The predicted octanol–water partition coefficient (Wildman–Crippen LogP) is 4.55. The van der Waals surface area contributed by atoms with Crippen molar-refractivity contribution in [2.24, 2.45) is 0 Å². The van der Waals surface area contributed by atoms with Gasteiger partial charge in [0.2, 0.25) is 5.76 Å². The van der Waals surface area contributed by atoms with Crippen molar-refractivity contribution in [3.8, 4) is 11.3 Å². The second-order valence-corrected chi connectivity index (χ2v) is 6.84. The third kappa shape index (κ3) is 4.28. The number of hydrogen-bond donors (Lipinski definition) is 0. The highest BCUT2D eigenvalue weighted by Gasteiger charge is 2.26. The maximum Gasteiger partial charge on any atom is 0.375 e.